The summed E-state index contributed by atoms with van der Waals surface area (Å²) in [5, 5.41) is 0. The van der Waals surface area contributed by atoms with Gasteiger partial charge < -0.3 is 5.73 Å². The van der Waals surface area contributed by atoms with Gasteiger partial charge in [0.25, 0.3) is 0 Å². The summed E-state index contributed by atoms with van der Waals surface area (Å²) >= 11 is 0. The van der Waals surface area contributed by atoms with Crippen molar-refractivity contribution in [3.05, 3.63) is 35.9 Å². The maximum atomic E-state index is 6.21. The van der Waals surface area contributed by atoms with Crippen LogP contribution in [0.25, 0.3) is 0 Å². The molecule has 1 aliphatic rings. The molecule has 0 bridgehead atoms. The largest absolute Gasteiger partial charge is 0.329 e. The first-order valence-corrected chi connectivity index (χ1v) is 7.62. The summed E-state index contributed by atoms with van der Waals surface area (Å²) in [4.78, 5) is 2.67. The Hall–Kier alpha value is -0.860. The Morgan fingerprint density at radius 1 is 1.26 bits per heavy atom. The van der Waals surface area contributed by atoms with Crippen molar-refractivity contribution in [3.63, 3.8) is 0 Å². The number of nitrogens with zero attached hydrogens (tertiary/aromatic N) is 1. The van der Waals surface area contributed by atoms with Crippen molar-refractivity contribution in [2.24, 2.45) is 11.7 Å². The SMILES string of the molecule is CCC(CN)(Cc1ccccc1)N1CC(C)CC1C. The molecule has 3 atom stereocenters. The number of rotatable bonds is 5. The average molecular weight is 260 g/mol. The Labute approximate surface area is 118 Å². The van der Waals surface area contributed by atoms with Gasteiger partial charge in [-0.05, 0) is 37.7 Å². The van der Waals surface area contributed by atoms with Crippen LogP contribution in [-0.4, -0.2) is 29.6 Å². The number of nitrogens with two attached hydrogens (primary N) is 1. The topological polar surface area (TPSA) is 29.3 Å². The molecule has 0 saturated carbocycles. The first kappa shape index (κ1) is 14.5. The van der Waals surface area contributed by atoms with Crippen LogP contribution in [0.1, 0.15) is 39.2 Å². The third-order valence-electron chi connectivity index (χ3n) is 4.81. The smallest absolute Gasteiger partial charge is 0.0372 e. The van der Waals surface area contributed by atoms with Gasteiger partial charge in [0.1, 0.15) is 0 Å². The van der Waals surface area contributed by atoms with Crippen LogP contribution in [0.2, 0.25) is 0 Å². The molecule has 1 aromatic carbocycles. The molecule has 2 nitrogen and oxygen atoms in total. The van der Waals surface area contributed by atoms with Gasteiger partial charge in [0, 0.05) is 24.7 Å². The second-order valence-electron chi connectivity index (χ2n) is 6.29. The van der Waals surface area contributed by atoms with Gasteiger partial charge >= 0.3 is 0 Å². The third-order valence-corrected chi connectivity index (χ3v) is 4.81. The zero-order valence-corrected chi connectivity index (χ0v) is 12.6. The molecule has 19 heavy (non-hydrogen) atoms. The van der Waals surface area contributed by atoms with Crippen LogP contribution in [0.15, 0.2) is 30.3 Å². The fourth-order valence-corrected chi connectivity index (χ4v) is 3.70. The molecule has 2 N–H and O–H groups in total. The van der Waals surface area contributed by atoms with Crippen molar-refractivity contribution >= 4 is 0 Å². The van der Waals surface area contributed by atoms with E-state index in [1.54, 1.807) is 0 Å². The van der Waals surface area contributed by atoms with Gasteiger partial charge in [0.05, 0.1) is 0 Å². The van der Waals surface area contributed by atoms with Crippen LogP contribution in [0, 0.1) is 5.92 Å². The lowest BCUT2D eigenvalue weighted by atomic mass is 9.85. The molecule has 3 unspecified atom stereocenters. The summed E-state index contributed by atoms with van der Waals surface area (Å²) in [5.41, 5.74) is 7.75. The van der Waals surface area contributed by atoms with Crippen LogP contribution in [0.5, 0.6) is 0 Å². The fraction of sp³-hybridized carbons (Fsp3) is 0.647. The van der Waals surface area contributed by atoms with Gasteiger partial charge in [-0.15, -0.1) is 0 Å². The van der Waals surface area contributed by atoms with Crippen molar-refractivity contribution in [2.45, 2.75) is 51.6 Å². The predicted octanol–water partition coefficient (Wildman–Crippen LogP) is 3.07. The number of hydrogen-bond donors (Lipinski definition) is 1. The van der Waals surface area contributed by atoms with Crippen molar-refractivity contribution in [1.82, 2.24) is 4.90 Å². The second-order valence-corrected chi connectivity index (χ2v) is 6.29. The molecule has 106 valence electrons. The maximum absolute atomic E-state index is 6.21. The Bertz CT molecular complexity index is 384. The van der Waals surface area contributed by atoms with E-state index in [1.807, 2.05) is 0 Å². The molecule has 2 heteroatoms. The van der Waals surface area contributed by atoms with E-state index in [0.717, 1.165) is 25.3 Å². The molecule has 0 amide bonds. The Morgan fingerprint density at radius 3 is 2.42 bits per heavy atom. The lowest BCUT2D eigenvalue weighted by molar-refractivity contribution is 0.0801. The summed E-state index contributed by atoms with van der Waals surface area (Å²) in [6.07, 6.45) is 3.49. The Balaban J connectivity index is 2.22. The average Bonchev–Trinajstić information content (AvgIpc) is 2.77. The normalized spacial score (nSPS) is 27.4. The zero-order chi connectivity index (χ0) is 13.9. The van der Waals surface area contributed by atoms with Gasteiger partial charge in [-0.2, -0.15) is 0 Å². The van der Waals surface area contributed by atoms with Crippen LogP contribution in [0.4, 0.5) is 0 Å². The highest BCUT2D eigenvalue weighted by Crippen LogP contribution is 2.34. The van der Waals surface area contributed by atoms with E-state index in [2.05, 4.69) is 56.0 Å². The van der Waals surface area contributed by atoms with E-state index in [9.17, 15) is 0 Å². The molecular weight excluding hydrogens is 232 g/mol. The quantitative estimate of drug-likeness (QED) is 0.881. The van der Waals surface area contributed by atoms with Gasteiger partial charge in [0.15, 0.2) is 0 Å². The van der Waals surface area contributed by atoms with Gasteiger partial charge in [-0.1, -0.05) is 44.2 Å². The van der Waals surface area contributed by atoms with Crippen molar-refractivity contribution in [1.29, 1.82) is 0 Å². The summed E-state index contributed by atoms with van der Waals surface area (Å²) < 4.78 is 0. The minimum Gasteiger partial charge on any atom is -0.329 e. The predicted molar refractivity (Wildman–Crippen MR) is 82.2 cm³/mol. The van der Waals surface area contributed by atoms with Crippen molar-refractivity contribution in [2.75, 3.05) is 13.1 Å². The Kier molecular flexibility index (Phi) is 4.64. The van der Waals surface area contributed by atoms with Gasteiger partial charge in [0.2, 0.25) is 0 Å². The number of likely N-dealkylation sites (tertiary alicyclic amines) is 1. The minimum absolute atomic E-state index is 0.130. The van der Waals surface area contributed by atoms with Gasteiger partial charge in [-0.3, -0.25) is 4.90 Å². The number of benzene rings is 1. The lowest BCUT2D eigenvalue weighted by Crippen LogP contribution is -2.56. The molecule has 1 saturated heterocycles. The first-order chi connectivity index (χ1) is 9.11. The summed E-state index contributed by atoms with van der Waals surface area (Å²) in [5.74, 6) is 0.795. The minimum atomic E-state index is 0.130. The molecule has 1 aliphatic heterocycles. The molecular formula is C17H28N2. The second kappa shape index (κ2) is 6.06. The van der Waals surface area contributed by atoms with E-state index in [1.165, 1.54) is 18.5 Å². The number of hydrogen-bond acceptors (Lipinski definition) is 2. The summed E-state index contributed by atoms with van der Waals surface area (Å²) in [6.45, 7) is 8.94. The third kappa shape index (κ3) is 3.01. The Morgan fingerprint density at radius 2 is 1.95 bits per heavy atom. The highest BCUT2D eigenvalue weighted by Gasteiger charge is 2.41. The zero-order valence-electron chi connectivity index (χ0n) is 12.6. The molecule has 1 aromatic rings. The maximum Gasteiger partial charge on any atom is 0.0372 e. The molecule has 0 radical (unpaired) electrons. The van der Waals surface area contributed by atoms with Crippen LogP contribution in [-0.2, 0) is 6.42 Å². The molecule has 1 fully saturated rings. The molecule has 0 aliphatic carbocycles. The fourth-order valence-electron chi connectivity index (χ4n) is 3.70. The standard InChI is InChI=1S/C17H28N2/c1-4-17(13-18,11-16-8-6-5-7-9-16)19-12-14(2)10-15(19)3/h5-9,14-15H,4,10-13,18H2,1-3H3. The first-order valence-electron chi connectivity index (χ1n) is 7.62. The van der Waals surface area contributed by atoms with Crippen LogP contribution < -0.4 is 5.73 Å². The highest BCUT2D eigenvalue weighted by molar-refractivity contribution is 5.19. The lowest BCUT2D eigenvalue weighted by Gasteiger charge is -2.43. The van der Waals surface area contributed by atoms with E-state index < -0.39 is 0 Å². The van der Waals surface area contributed by atoms with E-state index >= 15 is 0 Å². The van der Waals surface area contributed by atoms with E-state index in [-0.39, 0.29) is 5.54 Å². The molecule has 2 rings (SSSR count). The summed E-state index contributed by atoms with van der Waals surface area (Å²) in [7, 11) is 0. The molecule has 0 aromatic heterocycles. The van der Waals surface area contributed by atoms with Gasteiger partial charge in [-0.25, -0.2) is 0 Å². The molecule has 1 heterocycles. The van der Waals surface area contributed by atoms with Crippen molar-refractivity contribution in [3.8, 4) is 0 Å². The summed E-state index contributed by atoms with van der Waals surface area (Å²) in [6, 6.07) is 11.4. The van der Waals surface area contributed by atoms with Crippen LogP contribution in [0.3, 0.4) is 0 Å². The van der Waals surface area contributed by atoms with Crippen molar-refractivity contribution < 1.29 is 0 Å². The van der Waals surface area contributed by atoms with E-state index in [4.69, 9.17) is 5.73 Å². The molecule has 0 spiro atoms. The van der Waals surface area contributed by atoms with Crippen LogP contribution >= 0.6 is 0 Å². The monoisotopic (exact) mass is 260 g/mol. The van der Waals surface area contributed by atoms with E-state index in [0.29, 0.717) is 6.04 Å². The highest BCUT2D eigenvalue weighted by atomic mass is 15.3.